The Balaban J connectivity index is 0.00000240. The van der Waals surface area contributed by atoms with Crippen LogP contribution in [0.4, 0.5) is 11.5 Å². The standard InChI is InChI=1S/C22H22N4OS.ClH/c1-23-20-12-15(9-11-24-20)14-28-22-19(6-3-10-25-22)21(27)26-18-8-7-16-4-2-5-17(16)13-18;/h3,6-13H,2,4-5,14H2,1H3,(H,23,24)(H,26,27);1H. The number of hydrogen-bond donors (Lipinski definition) is 2. The number of anilines is 2. The van der Waals surface area contributed by atoms with E-state index in [4.69, 9.17) is 0 Å². The van der Waals surface area contributed by atoms with Crippen molar-refractivity contribution in [1.82, 2.24) is 9.97 Å². The summed E-state index contributed by atoms with van der Waals surface area (Å²) in [5, 5.41) is 6.80. The van der Waals surface area contributed by atoms with Gasteiger partial charge >= 0.3 is 0 Å². The molecule has 4 rings (SSSR count). The predicted molar refractivity (Wildman–Crippen MR) is 121 cm³/mol. The van der Waals surface area contributed by atoms with E-state index < -0.39 is 0 Å². The van der Waals surface area contributed by atoms with Crippen LogP contribution in [0.25, 0.3) is 0 Å². The monoisotopic (exact) mass is 426 g/mol. The van der Waals surface area contributed by atoms with Gasteiger partial charge in [-0.25, -0.2) is 9.97 Å². The highest BCUT2D eigenvalue weighted by atomic mass is 35.5. The number of hydrogen-bond acceptors (Lipinski definition) is 5. The molecule has 0 saturated heterocycles. The van der Waals surface area contributed by atoms with E-state index in [1.54, 1.807) is 30.2 Å². The van der Waals surface area contributed by atoms with E-state index >= 15 is 0 Å². The van der Waals surface area contributed by atoms with Crippen molar-refractivity contribution in [2.75, 3.05) is 17.7 Å². The third-order valence-electron chi connectivity index (χ3n) is 4.83. The maximum atomic E-state index is 12.9. The van der Waals surface area contributed by atoms with Crippen molar-refractivity contribution in [1.29, 1.82) is 0 Å². The summed E-state index contributed by atoms with van der Waals surface area (Å²) >= 11 is 1.55. The molecule has 0 spiro atoms. The summed E-state index contributed by atoms with van der Waals surface area (Å²) < 4.78 is 0. The predicted octanol–water partition coefficient (Wildman–Crippen LogP) is 4.97. The Bertz CT molecular complexity index is 1010. The Morgan fingerprint density at radius 1 is 1.07 bits per heavy atom. The van der Waals surface area contributed by atoms with Crippen LogP contribution in [0.1, 0.15) is 33.5 Å². The summed E-state index contributed by atoms with van der Waals surface area (Å²) in [7, 11) is 1.85. The number of amides is 1. The van der Waals surface area contributed by atoms with Crippen molar-refractivity contribution in [2.24, 2.45) is 0 Å². The van der Waals surface area contributed by atoms with Crippen molar-refractivity contribution in [2.45, 2.75) is 30.0 Å². The summed E-state index contributed by atoms with van der Waals surface area (Å²) in [6, 6.07) is 13.8. The van der Waals surface area contributed by atoms with Gasteiger partial charge in [-0.1, -0.05) is 6.07 Å². The van der Waals surface area contributed by atoms with Crippen LogP contribution in [0, 0.1) is 0 Å². The quantitative estimate of drug-likeness (QED) is 0.544. The number of aryl methyl sites for hydroxylation is 2. The van der Waals surface area contributed by atoms with Gasteiger partial charge in [0.15, 0.2) is 0 Å². The summed E-state index contributed by atoms with van der Waals surface area (Å²) in [5.41, 5.74) is 5.31. The molecule has 1 aliphatic carbocycles. The molecular formula is C22H23ClN4OS. The molecule has 1 aromatic carbocycles. The molecule has 3 aromatic rings. The lowest BCUT2D eigenvalue weighted by molar-refractivity contribution is 0.102. The summed E-state index contributed by atoms with van der Waals surface area (Å²) in [5.74, 6) is 1.42. The number of aromatic nitrogens is 2. The molecule has 0 saturated carbocycles. The Labute approximate surface area is 181 Å². The Kier molecular flexibility index (Phi) is 7.12. The molecule has 1 aliphatic rings. The first-order chi connectivity index (χ1) is 13.7. The van der Waals surface area contributed by atoms with E-state index in [9.17, 15) is 4.79 Å². The topological polar surface area (TPSA) is 66.9 Å². The summed E-state index contributed by atoms with van der Waals surface area (Å²) in [4.78, 5) is 21.5. The SMILES string of the molecule is CNc1cc(CSc2ncccc2C(=O)Nc2ccc3c(c2)CCC3)ccn1.Cl. The minimum atomic E-state index is -0.126. The van der Waals surface area contributed by atoms with Crippen molar-refractivity contribution in [3.63, 3.8) is 0 Å². The molecule has 0 atom stereocenters. The van der Waals surface area contributed by atoms with Crippen molar-refractivity contribution < 1.29 is 4.79 Å². The van der Waals surface area contributed by atoms with Crippen molar-refractivity contribution >= 4 is 41.6 Å². The maximum Gasteiger partial charge on any atom is 0.258 e. The van der Waals surface area contributed by atoms with Crippen LogP contribution in [-0.2, 0) is 18.6 Å². The Hall–Kier alpha value is -2.57. The highest BCUT2D eigenvalue weighted by Gasteiger charge is 2.15. The minimum absolute atomic E-state index is 0. The van der Waals surface area contributed by atoms with E-state index in [0.717, 1.165) is 34.9 Å². The molecule has 1 amide bonds. The molecule has 7 heteroatoms. The number of nitrogens with zero attached hydrogens (tertiary/aromatic N) is 2. The van der Waals surface area contributed by atoms with E-state index in [1.165, 1.54) is 17.5 Å². The first-order valence-electron chi connectivity index (χ1n) is 9.36. The van der Waals surface area contributed by atoms with Crippen molar-refractivity contribution in [3.8, 4) is 0 Å². The van der Waals surface area contributed by atoms with Gasteiger partial charge in [0.2, 0.25) is 0 Å². The minimum Gasteiger partial charge on any atom is -0.373 e. The Morgan fingerprint density at radius 3 is 2.79 bits per heavy atom. The van der Waals surface area contributed by atoms with Gasteiger partial charge in [0.25, 0.3) is 5.91 Å². The van der Waals surface area contributed by atoms with Gasteiger partial charge in [0, 0.05) is 30.9 Å². The molecule has 0 unspecified atom stereocenters. The first kappa shape index (κ1) is 21.1. The van der Waals surface area contributed by atoms with Crippen LogP contribution in [0.15, 0.2) is 59.9 Å². The van der Waals surface area contributed by atoms with Crippen LogP contribution in [-0.4, -0.2) is 22.9 Å². The third-order valence-corrected chi connectivity index (χ3v) is 5.90. The number of pyridine rings is 2. The van der Waals surface area contributed by atoms with Gasteiger partial charge in [-0.15, -0.1) is 24.2 Å². The van der Waals surface area contributed by atoms with Crippen LogP contribution in [0.2, 0.25) is 0 Å². The van der Waals surface area contributed by atoms with Crippen LogP contribution in [0.3, 0.4) is 0 Å². The molecule has 0 fully saturated rings. The number of nitrogens with one attached hydrogen (secondary N) is 2. The number of halogens is 1. The fourth-order valence-electron chi connectivity index (χ4n) is 3.38. The van der Waals surface area contributed by atoms with E-state index in [0.29, 0.717) is 11.3 Å². The molecule has 2 heterocycles. The van der Waals surface area contributed by atoms with Gasteiger partial charge in [0.1, 0.15) is 10.8 Å². The molecule has 0 bridgehead atoms. The summed E-state index contributed by atoms with van der Waals surface area (Å²) in [6.45, 7) is 0. The fraction of sp³-hybridized carbons (Fsp3) is 0.227. The zero-order valence-electron chi connectivity index (χ0n) is 16.1. The van der Waals surface area contributed by atoms with Crippen LogP contribution < -0.4 is 10.6 Å². The van der Waals surface area contributed by atoms with Gasteiger partial charge < -0.3 is 10.6 Å². The zero-order valence-corrected chi connectivity index (χ0v) is 17.8. The number of rotatable bonds is 6. The number of fused-ring (bicyclic) bond motifs is 1. The second-order valence-electron chi connectivity index (χ2n) is 6.74. The largest absolute Gasteiger partial charge is 0.373 e. The third kappa shape index (κ3) is 5.08. The summed E-state index contributed by atoms with van der Waals surface area (Å²) in [6.07, 6.45) is 6.92. The molecule has 0 aliphatic heterocycles. The highest BCUT2D eigenvalue weighted by molar-refractivity contribution is 7.98. The molecular weight excluding hydrogens is 404 g/mol. The first-order valence-corrected chi connectivity index (χ1v) is 10.3. The Morgan fingerprint density at radius 2 is 1.93 bits per heavy atom. The maximum absolute atomic E-state index is 12.9. The smallest absolute Gasteiger partial charge is 0.258 e. The number of benzene rings is 1. The second kappa shape index (κ2) is 9.76. The number of thioether (sulfide) groups is 1. The highest BCUT2D eigenvalue weighted by Crippen LogP contribution is 2.27. The molecule has 2 N–H and O–H groups in total. The molecule has 150 valence electrons. The number of carbonyl (C=O) groups is 1. The van der Waals surface area contributed by atoms with Crippen molar-refractivity contribution in [3.05, 3.63) is 77.1 Å². The lowest BCUT2D eigenvalue weighted by atomic mass is 10.1. The van der Waals surface area contributed by atoms with E-state index in [-0.39, 0.29) is 18.3 Å². The van der Waals surface area contributed by atoms with E-state index in [2.05, 4.69) is 32.7 Å². The molecule has 5 nitrogen and oxygen atoms in total. The average molecular weight is 427 g/mol. The van der Waals surface area contributed by atoms with E-state index in [1.807, 2.05) is 31.3 Å². The average Bonchev–Trinajstić information content (AvgIpc) is 3.20. The molecule has 2 aromatic heterocycles. The lowest BCUT2D eigenvalue weighted by Crippen LogP contribution is -2.13. The molecule has 29 heavy (non-hydrogen) atoms. The van der Waals surface area contributed by atoms with Gasteiger partial charge in [-0.3, -0.25) is 4.79 Å². The zero-order chi connectivity index (χ0) is 19.3. The van der Waals surface area contributed by atoms with Crippen LogP contribution in [0.5, 0.6) is 0 Å². The van der Waals surface area contributed by atoms with Crippen LogP contribution >= 0.6 is 24.2 Å². The molecule has 0 radical (unpaired) electrons. The normalized spacial score (nSPS) is 12.0. The number of carbonyl (C=O) groups excluding carboxylic acids is 1. The van der Waals surface area contributed by atoms with Gasteiger partial charge in [-0.05, 0) is 72.4 Å². The van der Waals surface area contributed by atoms with Gasteiger partial charge in [0.05, 0.1) is 5.56 Å². The fourth-order valence-corrected chi connectivity index (χ4v) is 4.31. The lowest BCUT2D eigenvalue weighted by Gasteiger charge is -2.10. The van der Waals surface area contributed by atoms with Gasteiger partial charge in [-0.2, -0.15) is 0 Å². The second-order valence-corrected chi connectivity index (χ2v) is 7.70.